The maximum absolute atomic E-state index is 12.3. The van der Waals surface area contributed by atoms with Crippen LogP contribution in [0, 0.1) is 11.3 Å². The third-order valence-electron chi connectivity index (χ3n) is 2.36. The van der Waals surface area contributed by atoms with E-state index in [1.165, 1.54) is 39.1 Å². The quantitative estimate of drug-likeness (QED) is 0.916. The van der Waals surface area contributed by atoms with Gasteiger partial charge in [0.2, 0.25) is 10.0 Å². The van der Waals surface area contributed by atoms with Gasteiger partial charge in [0.05, 0.1) is 11.2 Å². The molecular formula is C12H15ClN2O3S. The molecule has 0 aliphatic rings. The van der Waals surface area contributed by atoms with E-state index in [9.17, 15) is 13.5 Å². The molecule has 0 saturated carbocycles. The molecular weight excluding hydrogens is 288 g/mol. The zero-order valence-electron chi connectivity index (χ0n) is 10.9. The van der Waals surface area contributed by atoms with E-state index in [1.807, 2.05) is 6.07 Å². The summed E-state index contributed by atoms with van der Waals surface area (Å²) in [4.78, 5) is -0.158. The molecule has 1 rings (SSSR count). The van der Waals surface area contributed by atoms with Crippen molar-refractivity contribution in [2.24, 2.45) is 0 Å². The van der Waals surface area contributed by atoms with Crippen LogP contribution in [0.1, 0.15) is 19.4 Å². The Morgan fingerprint density at radius 2 is 2.05 bits per heavy atom. The molecule has 1 aromatic carbocycles. The Morgan fingerprint density at radius 3 is 2.53 bits per heavy atom. The Kier molecular flexibility index (Phi) is 4.59. The lowest BCUT2D eigenvalue weighted by atomic mass is 10.1. The normalized spacial score (nSPS) is 12.5. The van der Waals surface area contributed by atoms with E-state index in [0.29, 0.717) is 0 Å². The number of hydrogen-bond acceptors (Lipinski definition) is 4. The Morgan fingerprint density at radius 1 is 1.47 bits per heavy atom. The highest BCUT2D eigenvalue weighted by molar-refractivity contribution is 7.89. The summed E-state index contributed by atoms with van der Waals surface area (Å²) in [7, 11) is -2.53. The fourth-order valence-electron chi connectivity index (χ4n) is 1.60. The van der Waals surface area contributed by atoms with E-state index in [1.54, 1.807) is 0 Å². The van der Waals surface area contributed by atoms with Gasteiger partial charge in [-0.1, -0.05) is 11.6 Å². The Labute approximate surface area is 118 Å². The summed E-state index contributed by atoms with van der Waals surface area (Å²) in [5, 5.41) is 18.9. The highest BCUT2D eigenvalue weighted by Crippen LogP contribution is 2.23. The second-order valence-corrected chi connectivity index (χ2v) is 7.28. The van der Waals surface area contributed by atoms with Crippen LogP contribution in [0.15, 0.2) is 23.1 Å². The van der Waals surface area contributed by atoms with Gasteiger partial charge in [-0.05, 0) is 32.0 Å². The molecule has 0 spiro atoms. The van der Waals surface area contributed by atoms with Crippen molar-refractivity contribution in [3.05, 3.63) is 28.8 Å². The van der Waals surface area contributed by atoms with Crippen molar-refractivity contribution < 1.29 is 13.5 Å². The minimum absolute atomic E-state index is 0.0204. The largest absolute Gasteiger partial charge is 0.389 e. The van der Waals surface area contributed by atoms with Crippen LogP contribution in [0.25, 0.3) is 0 Å². The molecule has 5 nitrogen and oxygen atoms in total. The van der Waals surface area contributed by atoms with Crippen LogP contribution in [0.4, 0.5) is 0 Å². The fourth-order valence-corrected chi connectivity index (χ4v) is 3.33. The topological polar surface area (TPSA) is 81.4 Å². The van der Waals surface area contributed by atoms with Gasteiger partial charge in [0.25, 0.3) is 0 Å². The van der Waals surface area contributed by atoms with Crippen LogP contribution < -0.4 is 0 Å². The lowest BCUT2D eigenvalue weighted by Gasteiger charge is -2.25. The summed E-state index contributed by atoms with van der Waals surface area (Å²) in [6.45, 7) is 2.91. The van der Waals surface area contributed by atoms with E-state index in [4.69, 9.17) is 16.9 Å². The summed E-state index contributed by atoms with van der Waals surface area (Å²) in [5.41, 5.74) is -1.15. The SMILES string of the molecule is CN(CC(C)(C)O)S(=O)(=O)c1cc(Cl)ccc1C#N. The highest BCUT2D eigenvalue weighted by Gasteiger charge is 2.28. The second kappa shape index (κ2) is 5.47. The van der Waals surface area contributed by atoms with Crippen molar-refractivity contribution in [3.63, 3.8) is 0 Å². The lowest BCUT2D eigenvalue weighted by Crippen LogP contribution is -2.39. The smallest absolute Gasteiger partial charge is 0.244 e. The van der Waals surface area contributed by atoms with Gasteiger partial charge in [0, 0.05) is 18.6 Å². The summed E-state index contributed by atoms with van der Waals surface area (Å²) >= 11 is 5.78. The van der Waals surface area contributed by atoms with Crippen LogP contribution in [0.3, 0.4) is 0 Å². The number of sulfonamides is 1. The van der Waals surface area contributed by atoms with Crippen molar-refractivity contribution in [2.45, 2.75) is 24.3 Å². The molecule has 0 aliphatic carbocycles. The fraction of sp³-hybridized carbons (Fsp3) is 0.417. The minimum Gasteiger partial charge on any atom is -0.389 e. The first-order valence-corrected chi connectivity index (χ1v) is 7.28. The molecule has 104 valence electrons. The maximum atomic E-state index is 12.3. The molecule has 0 saturated heterocycles. The molecule has 0 heterocycles. The molecule has 0 unspecified atom stereocenters. The van der Waals surface area contributed by atoms with Crippen LogP contribution in [-0.4, -0.2) is 37.0 Å². The van der Waals surface area contributed by atoms with Crippen LogP contribution in [0.5, 0.6) is 0 Å². The standard InChI is InChI=1S/C12H15ClN2O3S/c1-12(2,16)8-15(3)19(17,18)11-6-10(13)5-4-9(11)7-14/h4-6,16H,8H2,1-3H3. The summed E-state index contributed by atoms with van der Waals surface area (Å²) in [6.07, 6.45) is 0. The number of likely N-dealkylation sites (N-methyl/N-ethyl adjacent to an activating group) is 1. The van der Waals surface area contributed by atoms with E-state index in [2.05, 4.69) is 0 Å². The van der Waals surface area contributed by atoms with Crippen molar-refractivity contribution in [2.75, 3.05) is 13.6 Å². The average molecular weight is 303 g/mol. The molecule has 0 radical (unpaired) electrons. The number of halogens is 1. The third-order valence-corrected chi connectivity index (χ3v) is 4.44. The molecule has 1 aromatic rings. The Hall–Kier alpha value is -1.13. The van der Waals surface area contributed by atoms with Crippen LogP contribution in [0.2, 0.25) is 5.02 Å². The Balaban J connectivity index is 3.28. The summed E-state index contributed by atoms with van der Waals surface area (Å²) in [6, 6.07) is 5.86. The molecule has 0 aromatic heterocycles. The second-order valence-electron chi connectivity index (χ2n) is 4.83. The van der Waals surface area contributed by atoms with Gasteiger partial charge < -0.3 is 5.11 Å². The average Bonchev–Trinajstić information content (AvgIpc) is 2.26. The molecule has 0 aliphatic heterocycles. The maximum Gasteiger partial charge on any atom is 0.244 e. The number of rotatable bonds is 4. The van der Waals surface area contributed by atoms with E-state index in [-0.39, 0.29) is 22.0 Å². The Bertz CT molecular complexity index is 615. The van der Waals surface area contributed by atoms with Gasteiger partial charge >= 0.3 is 0 Å². The van der Waals surface area contributed by atoms with E-state index < -0.39 is 15.6 Å². The predicted octanol–water partition coefficient (Wildman–Crippen LogP) is 1.60. The van der Waals surface area contributed by atoms with Crippen molar-refractivity contribution in [1.82, 2.24) is 4.31 Å². The predicted molar refractivity (Wildman–Crippen MR) is 72.3 cm³/mol. The van der Waals surface area contributed by atoms with Gasteiger partial charge in [-0.3, -0.25) is 0 Å². The molecule has 0 amide bonds. The van der Waals surface area contributed by atoms with Gasteiger partial charge in [0.1, 0.15) is 11.0 Å². The molecule has 19 heavy (non-hydrogen) atoms. The number of nitrogens with zero attached hydrogens (tertiary/aromatic N) is 2. The first-order chi connectivity index (χ1) is 8.58. The van der Waals surface area contributed by atoms with E-state index in [0.717, 1.165) is 4.31 Å². The minimum atomic E-state index is -3.87. The van der Waals surface area contributed by atoms with Gasteiger partial charge in [-0.25, -0.2) is 8.42 Å². The van der Waals surface area contributed by atoms with Crippen LogP contribution in [-0.2, 0) is 10.0 Å². The van der Waals surface area contributed by atoms with Crippen molar-refractivity contribution in [1.29, 1.82) is 5.26 Å². The summed E-state index contributed by atoms with van der Waals surface area (Å²) in [5.74, 6) is 0. The van der Waals surface area contributed by atoms with Gasteiger partial charge in [-0.2, -0.15) is 9.57 Å². The summed E-state index contributed by atoms with van der Waals surface area (Å²) < 4.78 is 25.7. The zero-order chi connectivity index (χ0) is 14.8. The highest BCUT2D eigenvalue weighted by atomic mass is 35.5. The number of hydrogen-bond donors (Lipinski definition) is 1. The first kappa shape index (κ1) is 15.9. The molecule has 0 bridgehead atoms. The van der Waals surface area contributed by atoms with E-state index >= 15 is 0 Å². The first-order valence-electron chi connectivity index (χ1n) is 5.46. The lowest BCUT2D eigenvalue weighted by molar-refractivity contribution is 0.0640. The molecule has 0 fully saturated rings. The molecule has 1 N–H and O–H groups in total. The van der Waals surface area contributed by atoms with Gasteiger partial charge in [-0.15, -0.1) is 0 Å². The monoisotopic (exact) mass is 302 g/mol. The molecule has 7 heteroatoms. The molecule has 0 atom stereocenters. The number of benzene rings is 1. The zero-order valence-corrected chi connectivity index (χ0v) is 12.5. The van der Waals surface area contributed by atoms with Gasteiger partial charge in [0.15, 0.2) is 0 Å². The number of aliphatic hydroxyl groups is 1. The number of nitriles is 1. The third kappa shape index (κ3) is 3.91. The van der Waals surface area contributed by atoms with Crippen molar-refractivity contribution >= 4 is 21.6 Å². The van der Waals surface area contributed by atoms with Crippen LogP contribution >= 0.6 is 11.6 Å². The van der Waals surface area contributed by atoms with Crippen molar-refractivity contribution in [3.8, 4) is 6.07 Å².